The van der Waals surface area contributed by atoms with Gasteiger partial charge in [0.1, 0.15) is 5.69 Å². The van der Waals surface area contributed by atoms with Gasteiger partial charge in [-0.2, -0.15) is 0 Å². The van der Waals surface area contributed by atoms with E-state index in [0.29, 0.717) is 29.8 Å². The summed E-state index contributed by atoms with van der Waals surface area (Å²) in [6.45, 7) is 13.8. The van der Waals surface area contributed by atoms with Crippen molar-refractivity contribution in [1.29, 1.82) is 0 Å². The standard InChI is InChI=1S/C20H32N2O4/c1-11(2)9-16(23)22(10-12(3)4)15(7)19(24)17-13(5)18(20(25)26-8)21-14(17)6/h11-12,15,21H,9-10H2,1-8H3. The fraction of sp³-hybridized carbons (Fsp3) is 0.650. The highest BCUT2D eigenvalue weighted by atomic mass is 16.5. The summed E-state index contributed by atoms with van der Waals surface area (Å²) in [6, 6.07) is -0.595. The summed E-state index contributed by atoms with van der Waals surface area (Å²) in [7, 11) is 1.30. The van der Waals surface area contributed by atoms with Crippen LogP contribution >= 0.6 is 0 Å². The van der Waals surface area contributed by atoms with E-state index in [1.165, 1.54) is 7.11 Å². The van der Waals surface area contributed by atoms with Crippen LogP contribution in [0.4, 0.5) is 0 Å². The Morgan fingerprint density at radius 2 is 1.62 bits per heavy atom. The molecule has 1 aromatic heterocycles. The molecule has 0 radical (unpaired) electrons. The summed E-state index contributed by atoms with van der Waals surface area (Å²) in [5.74, 6) is -0.216. The Hall–Kier alpha value is -2.11. The molecular formula is C20H32N2O4. The van der Waals surface area contributed by atoms with Gasteiger partial charge in [-0.05, 0) is 38.2 Å². The van der Waals surface area contributed by atoms with Crippen LogP contribution in [0.5, 0.6) is 0 Å². The van der Waals surface area contributed by atoms with Crippen LogP contribution in [0.2, 0.25) is 0 Å². The van der Waals surface area contributed by atoms with Gasteiger partial charge in [-0.1, -0.05) is 27.7 Å². The Labute approximate surface area is 156 Å². The number of hydrogen-bond acceptors (Lipinski definition) is 4. The first-order chi connectivity index (χ1) is 12.0. The smallest absolute Gasteiger partial charge is 0.354 e. The maximum absolute atomic E-state index is 13.2. The Kier molecular flexibility index (Phi) is 7.60. The van der Waals surface area contributed by atoms with Crippen molar-refractivity contribution in [3.63, 3.8) is 0 Å². The van der Waals surface area contributed by atoms with Gasteiger partial charge >= 0.3 is 5.97 Å². The van der Waals surface area contributed by atoms with Gasteiger partial charge < -0.3 is 14.6 Å². The second-order valence-corrected chi connectivity index (χ2v) is 7.69. The highest BCUT2D eigenvalue weighted by Crippen LogP contribution is 2.23. The first-order valence-corrected chi connectivity index (χ1v) is 9.12. The van der Waals surface area contributed by atoms with Crippen LogP contribution in [0.1, 0.15) is 73.1 Å². The average Bonchev–Trinajstić information content (AvgIpc) is 2.84. The molecule has 0 spiro atoms. The maximum Gasteiger partial charge on any atom is 0.354 e. The van der Waals surface area contributed by atoms with Crippen LogP contribution in [0.25, 0.3) is 0 Å². The third kappa shape index (κ3) is 4.96. The second-order valence-electron chi connectivity index (χ2n) is 7.69. The van der Waals surface area contributed by atoms with Crippen molar-refractivity contribution in [1.82, 2.24) is 9.88 Å². The zero-order valence-electron chi connectivity index (χ0n) is 17.2. The second kappa shape index (κ2) is 9.01. The lowest BCUT2D eigenvalue weighted by Crippen LogP contribution is -2.45. The van der Waals surface area contributed by atoms with Crippen molar-refractivity contribution in [2.75, 3.05) is 13.7 Å². The summed E-state index contributed by atoms with van der Waals surface area (Å²) in [4.78, 5) is 42.3. The number of ether oxygens (including phenoxy) is 1. The molecular weight excluding hydrogens is 332 g/mol. The lowest BCUT2D eigenvalue weighted by Gasteiger charge is -2.31. The van der Waals surface area contributed by atoms with E-state index in [1.54, 1.807) is 25.7 Å². The van der Waals surface area contributed by atoms with Crippen molar-refractivity contribution >= 4 is 17.7 Å². The van der Waals surface area contributed by atoms with Crippen molar-refractivity contribution in [3.05, 3.63) is 22.5 Å². The lowest BCUT2D eigenvalue weighted by atomic mass is 9.98. The van der Waals surface area contributed by atoms with Crippen LogP contribution in [0, 0.1) is 25.7 Å². The fourth-order valence-electron chi connectivity index (χ4n) is 3.11. The minimum absolute atomic E-state index is 0.0198. The first kappa shape index (κ1) is 21.9. The van der Waals surface area contributed by atoms with Crippen molar-refractivity contribution in [2.24, 2.45) is 11.8 Å². The molecule has 0 fully saturated rings. The number of rotatable bonds is 8. The summed E-state index contributed by atoms with van der Waals surface area (Å²) in [5.41, 5.74) is 1.92. The van der Waals surface area contributed by atoms with Gasteiger partial charge in [0.25, 0.3) is 0 Å². The maximum atomic E-state index is 13.2. The monoisotopic (exact) mass is 364 g/mol. The molecule has 0 bridgehead atoms. The third-order valence-corrected chi connectivity index (χ3v) is 4.39. The van der Waals surface area contributed by atoms with E-state index < -0.39 is 12.0 Å². The molecule has 1 heterocycles. The average molecular weight is 364 g/mol. The van der Waals surface area contributed by atoms with Gasteiger partial charge in [0.2, 0.25) is 5.91 Å². The number of carbonyl (C=O) groups excluding carboxylic acids is 3. The zero-order chi connectivity index (χ0) is 20.2. The van der Waals surface area contributed by atoms with Crippen molar-refractivity contribution in [2.45, 2.75) is 60.9 Å². The molecule has 6 heteroatoms. The predicted octanol–water partition coefficient (Wildman–Crippen LogP) is 3.52. The molecule has 1 rings (SSSR count). The number of H-pyrrole nitrogens is 1. The number of nitrogens with zero attached hydrogens (tertiary/aromatic N) is 1. The topological polar surface area (TPSA) is 79.5 Å². The molecule has 146 valence electrons. The van der Waals surface area contributed by atoms with Crippen LogP contribution in [0.3, 0.4) is 0 Å². The van der Waals surface area contributed by atoms with E-state index >= 15 is 0 Å². The van der Waals surface area contributed by atoms with Crippen LogP contribution in [-0.4, -0.2) is 47.2 Å². The van der Waals surface area contributed by atoms with Gasteiger partial charge in [-0.15, -0.1) is 0 Å². The van der Waals surface area contributed by atoms with Gasteiger partial charge in [0.15, 0.2) is 5.78 Å². The number of amides is 1. The Morgan fingerprint density at radius 3 is 2.08 bits per heavy atom. The molecule has 0 aliphatic rings. The number of methoxy groups -OCH3 is 1. The first-order valence-electron chi connectivity index (χ1n) is 9.12. The molecule has 6 nitrogen and oxygen atoms in total. The molecule has 1 amide bonds. The van der Waals surface area contributed by atoms with Crippen LogP contribution < -0.4 is 0 Å². The van der Waals surface area contributed by atoms with E-state index in [1.807, 2.05) is 27.7 Å². The number of aromatic nitrogens is 1. The third-order valence-electron chi connectivity index (χ3n) is 4.39. The SMILES string of the molecule is COC(=O)c1[nH]c(C)c(C(=O)C(C)N(CC(C)C)C(=O)CC(C)C)c1C. The summed E-state index contributed by atoms with van der Waals surface area (Å²) in [6.07, 6.45) is 0.406. The molecule has 0 saturated heterocycles. The number of hydrogen-bond donors (Lipinski definition) is 1. The highest BCUT2D eigenvalue weighted by Gasteiger charge is 2.31. The largest absolute Gasteiger partial charge is 0.464 e. The summed E-state index contributed by atoms with van der Waals surface area (Å²) >= 11 is 0. The van der Waals surface area contributed by atoms with E-state index in [9.17, 15) is 14.4 Å². The van der Waals surface area contributed by atoms with Gasteiger partial charge in [0.05, 0.1) is 13.2 Å². The molecule has 0 saturated carbocycles. The minimum atomic E-state index is -0.595. The molecule has 1 atom stereocenters. The van der Waals surface area contributed by atoms with Gasteiger partial charge in [-0.25, -0.2) is 4.79 Å². The van der Waals surface area contributed by atoms with Gasteiger partial charge in [-0.3, -0.25) is 9.59 Å². The summed E-state index contributed by atoms with van der Waals surface area (Å²) < 4.78 is 4.76. The Morgan fingerprint density at radius 1 is 1.04 bits per heavy atom. The molecule has 0 aromatic carbocycles. The number of carbonyl (C=O) groups is 3. The quantitative estimate of drug-likeness (QED) is 0.565. The highest BCUT2D eigenvalue weighted by molar-refractivity contribution is 6.06. The molecule has 1 N–H and O–H groups in total. The van der Waals surface area contributed by atoms with Crippen molar-refractivity contribution < 1.29 is 19.1 Å². The van der Waals surface area contributed by atoms with Crippen molar-refractivity contribution in [3.8, 4) is 0 Å². The Bertz CT molecular complexity index is 674. The molecule has 0 aliphatic carbocycles. The van der Waals surface area contributed by atoms with E-state index in [4.69, 9.17) is 4.74 Å². The molecule has 1 aromatic rings. The predicted molar refractivity (Wildman–Crippen MR) is 101 cm³/mol. The minimum Gasteiger partial charge on any atom is -0.464 e. The molecule has 26 heavy (non-hydrogen) atoms. The number of Topliss-reactive ketones (excluding diaryl/α,β-unsaturated/α-hetero) is 1. The number of aromatic amines is 1. The summed E-state index contributed by atoms with van der Waals surface area (Å²) in [5, 5.41) is 0. The Balaban J connectivity index is 3.22. The fourth-order valence-corrected chi connectivity index (χ4v) is 3.11. The number of ketones is 1. The van der Waals surface area contributed by atoms with E-state index in [0.717, 1.165) is 0 Å². The van der Waals surface area contributed by atoms with E-state index in [-0.39, 0.29) is 29.2 Å². The molecule has 1 unspecified atom stereocenters. The van der Waals surface area contributed by atoms with E-state index in [2.05, 4.69) is 4.98 Å². The number of nitrogens with one attached hydrogen (secondary N) is 1. The van der Waals surface area contributed by atoms with Crippen LogP contribution in [0.15, 0.2) is 0 Å². The molecule has 0 aliphatic heterocycles. The van der Waals surface area contributed by atoms with Crippen LogP contribution in [-0.2, 0) is 9.53 Å². The normalized spacial score (nSPS) is 12.4. The lowest BCUT2D eigenvalue weighted by molar-refractivity contribution is -0.133. The number of aryl methyl sites for hydroxylation is 1. The van der Waals surface area contributed by atoms with Gasteiger partial charge in [0, 0.05) is 24.2 Å². The number of esters is 1. The zero-order valence-corrected chi connectivity index (χ0v) is 17.2.